The Bertz CT molecular complexity index is 264. The molecule has 82 valence electrons. The van der Waals surface area contributed by atoms with Gasteiger partial charge in [-0.1, -0.05) is 0 Å². The number of imidazole rings is 1. The Hall–Kier alpha value is -1.05. The molecule has 8 heteroatoms. The number of aromatic nitrogens is 2. The van der Waals surface area contributed by atoms with Crippen LogP contribution >= 0.6 is 0 Å². The summed E-state index contributed by atoms with van der Waals surface area (Å²) in [5.41, 5.74) is 6.59. The molecular weight excluding hydrogens is 201 g/mol. The lowest BCUT2D eigenvalue weighted by Gasteiger charge is -1.96. The van der Waals surface area contributed by atoms with Crippen molar-refractivity contribution in [2.24, 2.45) is 5.73 Å². The van der Waals surface area contributed by atoms with Crippen molar-refractivity contribution in [3.05, 3.63) is 17.7 Å². The fourth-order valence-corrected chi connectivity index (χ4v) is 0.664. The molecule has 0 saturated heterocycles. The molecule has 0 amide bonds. The van der Waals surface area contributed by atoms with Crippen molar-refractivity contribution in [1.29, 1.82) is 0 Å². The van der Waals surface area contributed by atoms with Gasteiger partial charge in [0.1, 0.15) is 5.82 Å². The van der Waals surface area contributed by atoms with Crippen LogP contribution in [0.2, 0.25) is 0 Å². The quantitative estimate of drug-likeness (QED) is 0.552. The van der Waals surface area contributed by atoms with Crippen LogP contribution in [0.15, 0.2) is 6.20 Å². The molecular formula is C6H11BF4N3-. The highest BCUT2D eigenvalue weighted by Crippen LogP contribution is 2.06. The first-order valence-corrected chi connectivity index (χ1v) is 3.84. The summed E-state index contributed by atoms with van der Waals surface area (Å²) in [5, 5.41) is 0. The van der Waals surface area contributed by atoms with E-state index in [-0.39, 0.29) is 6.04 Å². The first kappa shape index (κ1) is 13.0. The van der Waals surface area contributed by atoms with Gasteiger partial charge >= 0.3 is 7.25 Å². The third-order valence-electron chi connectivity index (χ3n) is 1.15. The van der Waals surface area contributed by atoms with Gasteiger partial charge in [-0.05, 0) is 13.8 Å². The van der Waals surface area contributed by atoms with E-state index < -0.39 is 7.25 Å². The molecule has 0 spiro atoms. The molecule has 1 aromatic rings. The van der Waals surface area contributed by atoms with E-state index in [0.29, 0.717) is 0 Å². The summed E-state index contributed by atoms with van der Waals surface area (Å²) in [4.78, 5) is 7.07. The highest BCUT2D eigenvalue weighted by atomic mass is 19.5. The lowest BCUT2D eigenvalue weighted by molar-refractivity contribution is 0.368. The van der Waals surface area contributed by atoms with Gasteiger partial charge in [0.05, 0.1) is 6.04 Å². The number of aromatic amines is 1. The lowest BCUT2D eigenvalue weighted by atomic mass is 10.3. The topological polar surface area (TPSA) is 54.7 Å². The second-order valence-electron chi connectivity index (χ2n) is 2.73. The summed E-state index contributed by atoms with van der Waals surface area (Å²) < 4.78 is 39.0. The van der Waals surface area contributed by atoms with E-state index >= 15 is 0 Å². The summed E-state index contributed by atoms with van der Waals surface area (Å²) >= 11 is 0. The Balaban J connectivity index is 0.000000292. The predicted octanol–water partition coefficient (Wildman–Crippen LogP) is 2.04. The number of hydrogen-bond acceptors (Lipinski definition) is 2. The molecule has 1 unspecified atom stereocenters. The zero-order valence-electron chi connectivity index (χ0n) is 7.77. The molecule has 1 atom stereocenters. The van der Waals surface area contributed by atoms with Crippen molar-refractivity contribution in [3.8, 4) is 0 Å². The van der Waals surface area contributed by atoms with Gasteiger partial charge in [-0.25, -0.2) is 4.98 Å². The van der Waals surface area contributed by atoms with E-state index in [1.165, 1.54) is 0 Å². The minimum Gasteiger partial charge on any atom is -0.418 e. The maximum absolute atomic E-state index is 9.75. The molecule has 0 bridgehead atoms. The predicted molar refractivity (Wildman–Crippen MR) is 46.1 cm³/mol. The Labute approximate surface area is 78.8 Å². The molecule has 14 heavy (non-hydrogen) atoms. The Morgan fingerprint density at radius 1 is 1.43 bits per heavy atom. The summed E-state index contributed by atoms with van der Waals surface area (Å²) in [6.45, 7) is 3.86. The van der Waals surface area contributed by atoms with E-state index in [1.807, 2.05) is 13.8 Å². The van der Waals surface area contributed by atoms with Crippen LogP contribution in [0.4, 0.5) is 17.3 Å². The van der Waals surface area contributed by atoms with Gasteiger partial charge in [-0.15, -0.1) is 0 Å². The number of nitrogens with zero attached hydrogens (tertiary/aromatic N) is 1. The van der Waals surface area contributed by atoms with E-state index in [9.17, 15) is 17.3 Å². The third-order valence-corrected chi connectivity index (χ3v) is 1.15. The summed E-state index contributed by atoms with van der Waals surface area (Å²) in [6.07, 6.45) is 1.78. The normalized spacial score (nSPS) is 13.1. The largest absolute Gasteiger partial charge is 0.673 e. The molecule has 0 aliphatic rings. The van der Waals surface area contributed by atoms with Crippen LogP contribution in [0.3, 0.4) is 0 Å². The van der Waals surface area contributed by atoms with E-state index in [2.05, 4.69) is 9.97 Å². The van der Waals surface area contributed by atoms with E-state index in [0.717, 1.165) is 11.5 Å². The number of hydrogen-bond donors (Lipinski definition) is 2. The summed E-state index contributed by atoms with van der Waals surface area (Å²) in [7, 11) is -6.00. The maximum atomic E-state index is 9.75. The summed E-state index contributed by atoms with van der Waals surface area (Å²) in [6, 6.07) is 0.0127. The minimum atomic E-state index is -6.00. The van der Waals surface area contributed by atoms with Crippen LogP contribution in [0.1, 0.15) is 24.5 Å². The third kappa shape index (κ3) is 7.60. The molecule has 0 aliphatic carbocycles. The van der Waals surface area contributed by atoms with E-state index in [4.69, 9.17) is 5.73 Å². The minimum absolute atomic E-state index is 0.0127. The molecule has 3 nitrogen and oxygen atoms in total. The molecule has 0 saturated carbocycles. The second kappa shape index (κ2) is 4.99. The fourth-order valence-electron chi connectivity index (χ4n) is 0.664. The van der Waals surface area contributed by atoms with Crippen LogP contribution in [-0.2, 0) is 0 Å². The van der Waals surface area contributed by atoms with Gasteiger partial charge in [0, 0.05) is 11.9 Å². The van der Waals surface area contributed by atoms with Crippen molar-refractivity contribution in [3.63, 3.8) is 0 Å². The number of aryl methyl sites for hydroxylation is 1. The molecule has 1 rings (SSSR count). The smallest absolute Gasteiger partial charge is 0.418 e. The first-order valence-electron chi connectivity index (χ1n) is 3.84. The van der Waals surface area contributed by atoms with Crippen LogP contribution < -0.4 is 5.73 Å². The van der Waals surface area contributed by atoms with Crippen molar-refractivity contribution in [2.45, 2.75) is 19.9 Å². The molecule has 1 heterocycles. The molecule has 0 aliphatic heterocycles. The molecule has 0 radical (unpaired) electrons. The van der Waals surface area contributed by atoms with Crippen molar-refractivity contribution in [1.82, 2.24) is 9.97 Å². The van der Waals surface area contributed by atoms with Gasteiger partial charge in [0.2, 0.25) is 0 Å². The number of halogens is 4. The molecule has 0 fully saturated rings. The van der Waals surface area contributed by atoms with Gasteiger partial charge in [-0.3, -0.25) is 0 Å². The number of nitrogens with two attached hydrogens (primary N) is 1. The Morgan fingerprint density at radius 3 is 2.00 bits per heavy atom. The highest BCUT2D eigenvalue weighted by Gasteiger charge is 2.20. The number of nitrogens with one attached hydrogen (secondary N) is 1. The second-order valence-corrected chi connectivity index (χ2v) is 2.73. The zero-order chi connectivity index (χ0) is 11.4. The molecule has 3 N–H and O–H groups in total. The van der Waals surface area contributed by atoms with Gasteiger partial charge in [-0.2, -0.15) is 0 Å². The van der Waals surface area contributed by atoms with Crippen molar-refractivity contribution >= 4 is 7.25 Å². The van der Waals surface area contributed by atoms with Gasteiger partial charge in [0.15, 0.2) is 0 Å². The average Bonchev–Trinajstić information content (AvgIpc) is 2.31. The Kier molecular flexibility index (Phi) is 4.62. The monoisotopic (exact) mass is 212 g/mol. The SMILES string of the molecule is Cc1cnc(C(C)N)[nH]1.F[B-](F)(F)F. The lowest BCUT2D eigenvalue weighted by Crippen LogP contribution is -2.06. The Morgan fingerprint density at radius 2 is 1.86 bits per heavy atom. The van der Waals surface area contributed by atoms with Gasteiger partial charge < -0.3 is 28.0 Å². The van der Waals surface area contributed by atoms with Gasteiger partial charge in [0.25, 0.3) is 0 Å². The highest BCUT2D eigenvalue weighted by molar-refractivity contribution is 6.50. The van der Waals surface area contributed by atoms with Crippen molar-refractivity contribution < 1.29 is 17.3 Å². The fraction of sp³-hybridized carbons (Fsp3) is 0.500. The zero-order valence-corrected chi connectivity index (χ0v) is 7.77. The standard InChI is InChI=1S/C6H11N3.BF4/c1-4-3-8-6(9-4)5(2)7;2-1(3,4)5/h3,5H,7H2,1-2H3,(H,8,9);/q;-1. The molecule has 1 aromatic heterocycles. The van der Waals surface area contributed by atoms with Crippen LogP contribution in [-0.4, -0.2) is 17.2 Å². The summed E-state index contributed by atoms with van der Waals surface area (Å²) in [5.74, 6) is 0.854. The first-order chi connectivity index (χ1) is 6.20. The molecule has 0 aromatic carbocycles. The van der Waals surface area contributed by atoms with E-state index in [1.54, 1.807) is 6.20 Å². The van der Waals surface area contributed by atoms with Crippen LogP contribution in [0.5, 0.6) is 0 Å². The maximum Gasteiger partial charge on any atom is 0.673 e. The van der Waals surface area contributed by atoms with Crippen LogP contribution in [0.25, 0.3) is 0 Å². The van der Waals surface area contributed by atoms with Crippen LogP contribution in [0, 0.1) is 6.92 Å². The van der Waals surface area contributed by atoms with Crippen molar-refractivity contribution in [2.75, 3.05) is 0 Å². The average molecular weight is 212 g/mol. The number of H-pyrrole nitrogens is 1. The number of rotatable bonds is 1.